The first kappa shape index (κ1) is 14.2. The maximum Gasteiger partial charge on any atom is 0.326 e. The normalized spacial score (nSPS) is 12.5. The fourth-order valence-electron chi connectivity index (χ4n) is 1.64. The van der Waals surface area contributed by atoms with Crippen molar-refractivity contribution >= 4 is 11.9 Å². The second kappa shape index (κ2) is 5.66. The molecule has 1 rings (SSSR count). The summed E-state index contributed by atoms with van der Waals surface area (Å²) in [4.78, 5) is 23.0. The number of carbonyl (C=O) groups excluding carboxylic acids is 1. The molecule has 1 amide bonds. The number of nitrogens with one attached hydrogen (secondary N) is 1. The number of carbonyl (C=O) groups is 2. The summed E-state index contributed by atoms with van der Waals surface area (Å²) in [7, 11) is 1.67. The highest BCUT2D eigenvalue weighted by molar-refractivity contribution is 5.95. The molecule has 0 fully saturated rings. The average Bonchev–Trinajstić information content (AvgIpc) is 2.66. The number of nitrogens with zero attached hydrogens (tertiary/aromatic N) is 2. The minimum atomic E-state index is -1.03. The Morgan fingerprint density at radius 1 is 1.50 bits per heavy atom. The molecule has 0 spiro atoms. The summed E-state index contributed by atoms with van der Waals surface area (Å²) in [6, 6.07) is 0.784. The molecule has 0 saturated heterocycles. The molecule has 0 aromatic carbocycles. The Morgan fingerprint density at radius 2 is 2.11 bits per heavy atom. The fourth-order valence-corrected chi connectivity index (χ4v) is 1.64. The molecule has 6 heteroatoms. The molecule has 1 aromatic heterocycles. The number of carboxylic acid groups (broad SMARTS) is 1. The van der Waals surface area contributed by atoms with Crippen LogP contribution in [-0.4, -0.2) is 32.8 Å². The molecule has 0 aliphatic heterocycles. The molecule has 0 unspecified atom stereocenters. The van der Waals surface area contributed by atoms with Gasteiger partial charge in [0.2, 0.25) is 0 Å². The molecular weight excluding hydrogens is 234 g/mol. The Kier molecular flexibility index (Phi) is 4.47. The molecule has 6 nitrogen and oxygen atoms in total. The zero-order valence-corrected chi connectivity index (χ0v) is 11.1. The van der Waals surface area contributed by atoms with E-state index in [1.807, 2.05) is 6.92 Å². The van der Waals surface area contributed by atoms with Crippen LogP contribution < -0.4 is 5.32 Å². The van der Waals surface area contributed by atoms with Crippen molar-refractivity contribution in [2.45, 2.75) is 33.2 Å². The van der Waals surface area contributed by atoms with Gasteiger partial charge in [-0.05, 0) is 18.4 Å². The molecule has 100 valence electrons. The number of aliphatic carboxylic acids is 1. The first-order valence-corrected chi connectivity index (χ1v) is 5.93. The Balaban J connectivity index is 2.87. The lowest BCUT2D eigenvalue weighted by atomic mass is 10.0. The summed E-state index contributed by atoms with van der Waals surface area (Å²) in [5.41, 5.74) is 1.18. The number of aromatic nitrogens is 2. The number of aryl methyl sites for hydroxylation is 2. The summed E-state index contributed by atoms with van der Waals surface area (Å²) in [6.45, 7) is 5.44. The van der Waals surface area contributed by atoms with Crippen LogP contribution in [0.1, 0.15) is 37.0 Å². The Hall–Kier alpha value is -1.85. The van der Waals surface area contributed by atoms with Crippen molar-refractivity contribution in [1.82, 2.24) is 15.1 Å². The molecule has 1 atom stereocenters. The van der Waals surface area contributed by atoms with E-state index in [1.165, 1.54) is 4.68 Å². The summed E-state index contributed by atoms with van der Waals surface area (Å²) in [5, 5.41) is 15.7. The van der Waals surface area contributed by atoms with Crippen LogP contribution in [0.3, 0.4) is 0 Å². The summed E-state index contributed by atoms with van der Waals surface area (Å²) in [6.07, 6.45) is 0.730. The van der Waals surface area contributed by atoms with Gasteiger partial charge in [-0.15, -0.1) is 0 Å². The minimum absolute atomic E-state index is 0.176. The maximum absolute atomic E-state index is 12.0. The lowest BCUT2D eigenvalue weighted by Crippen LogP contribution is -2.44. The highest BCUT2D eigenvalue weighted by Crippen LogP contribution is 2.07. The zero-order chi connectivity index (χ0) is 13.9. The molecule has 0 saturated carbocycles. The van der Waals surface area contributed by atoms with Crippen molar-refractivity contribution in [2.75, 3.05) is 0 Å². The van der Waals surface area contributed by atoms with Crippen LogP contribution >= 0.6 is 0 Å². The quantitative estimate of drug-likeness (QED) is 0.813. The van der Waals surface area contributed by atoms with E-state index in [-0.39, 0.29) is 5.92 Å². The van der Waals surface area contributed by atoms with Gasteiger partial charge in [-0.1, -0.05) is 20.8 Å². The second-order valence-corrected chi connectivity index (χ2v) is 4.53. The number of hydrogen-bond donors (Lipinski definition) is 2. The molecule has 0 radical (unpaired) electrons. The van der Waals surface area contributed by atoms with Gasteiger partial charge < -0.3 is 10.4 Å². The smallest absolute Gasteiger partial charge is 0.326 e. The highest BCUT2D eigenvalue weighted by atomic mass is 16.4. The first-order valence-electron chi connectivity index (χ1n) is 5.93. The number of rotatable bonds is 5. The molecule has 18 heavy (non-hydrogen) atoms. The van der Waals surface area contributed by atoms with Crippen molar-refractivity contribution < 1.29 is 14.7 Å². The lowest BCUT2D eigenvalue weighted by molar-refractivity contribution is -0.140. The van der Waals surface area contributed by atoms with Gasteiger partial charge in [0.25, 0.3) is 5.91 Å². The van der Waals surface area contributed by atoms with Gasteiger partial charge in [0, 0.05) is 7.05 Å². The van der Waals surface area contributed by atoms with Crippen molar-refractivity contribution in [1.29, 1.82) is 0 Å². The average molecular weight is 253 g/mol. The van der Waals surface area contributed by atoms with Gasteiger partial charge in [0.15, 0.2) is 0 Å². The molecule has 0 aliphatic rings. The van der Waals surface area contributed by atoms with Crippen LogP contribution in [0.5, 0.6) is 0 Å². The first-order chi connectivity index (χ1) is 8.36. The van der Waals surface area contributed by atoms with Crippen molar-refractivity contribution in [3.05, 3.63) is 17.5 Å². The van der Waals surface area contributed by atoms with E-state index in [0.717, 1.165) is 12.1 Å². The SMILES string of the molecule is CCc1cc(C(=O)N[C@H](C(=O)O)C(C)C)n(C)n1. The van der Waals surface area contributed by atoms with Crippen LogP contribution in [0.2, 0.25) is 0 Å². The van der Waals surface area contributed by atoms with E-state index in [9.17, 15) is 9.59 Å². The lowest BCUT2D eigenvalue weighted by Gasteiger charge is -2.17. The maximum atomic E-state index is 12.0. The second-order valence-electron chi connectivity index (χ2n) is 4.53. The predicted molar refractivity (Wildman–Crippen MR) is 66.3 cm³/mol. The zero-order valence-electron chi connectivity index (χ0n) is 11.1. The van der Waals surface area contributed by atoms with E-state index in [0.29, 0.717) is 5.69 Å². The van der Waals surface area contributed by atoms with Crippen LogP contribution in [-0.2, 0) is 18.3 Å². The molecule has 2 N–H and O–H groups in total. The van der Waals surface area contributed by atoms with Gasteiger partial charge >= 0.3 is 5.97 Å². The Labute approximate surface area is 106 Å². The fraction of sp³-hybridized carbons (Fsp3) is 0.583. The van der Waals surface area contributed by atoms with Crippen molar-refractivity contribution in [2.24, 2.45) is 13.0 Å². The Bertz CT molecular complexity index is 451. The van der Waals surface area contributed by atoms with Crippen LogP contribution in [0.25, 0.3) is 0 Å². The van der Waals surface area contributed by atoms with Gasteiger partial charge in [-0.25, -0.2) is 4.79 Å². The van der Waals surface area contributed by atoms with Crippen molar-refractivity contribution in [3.63, 3.8) is 0 Å². The third-order valence-corrected chi connectivity index (χ3v) is 2.74. The standard InChI is InChI=1S/C12H19N3O3/c1-5-8-6-9(15(4)14-8)11(16)13-10(7(2)3)12(17)18/h6-7,10H,5H2,1-4H3,(H,13,16)(H,17,18)/t10-/m0/s1. The summed E-state index contributed by atoms with van der Waals surface area (Å²) < 4.78 is 1.47. The van der Waals surface area contributed by atoms with E-state index < -0.39 is 17.9 Å². The van der Waals surface area contributed by atoms with Gasteiger partial charge in [-0.2, -0.15) is 5.10 Å². The van der Waals surface area contributed by atoms with Crippen LogP contribution in [0.4, 0.5) is 0 Å². The molecular formula is C12H19N3O3. The minimum Gasteiger partial charge on any atom is -0.480 e. The number of hydrogen-bond acceptors (Lipinski definition) is 3. The molecule has 1 aromatic rings. The summed E-state index contributed by atoms with van der Waals surface area (Å²) >= 11 is 0. The summed E-state index contributed by atoms with van der Waals surface area (Å²) in [5.74, 6) is -1.62. The predicted octanol–water partition coefficient (Wildman–Crippen LogP) is 0.821. The largest absolute Gasteiger partial charge is 0.480 e. The van der Waals surface area contributed by atoms with Crippen LogP contribution in [0, 0.1) is 5.92 Å². The van der Waals surface area contributed by atoms with E-state index >= 15 is 0 Å². The van der Waals surface area contributed by atoms with E-state index in [1.54, 1.807) is 27.0 Å². The van der Waals surface area contributed by atoms with Crippen molar-refractivity contribution in [3.8, 4) is 0 Å². The topological polar surface area (TPSA) is 84.2 Å². The number of carboxylic acids is 1. The molecule has 0 aliphatic carbocycles. The van der Waals surface area contributed by atoms with Crippen LogP contribution in [0.15, 0.2) is 6.07 Å². The van der Waals surface area contributed by atoms with Gasteiger partial charge in [-0.3, -0.25) is 9.48 Å². The van der Waals surface area contributed by atoms with E-state index in [2.05, 4.69) is 10.4 Å². The molecule has 1 heterocycles. The third kappa shape index (κ3) is 3.09. The van der Waals surface area contributed by atoms with Gasteiger partial charge in [0.05, 0.1) is 5.69 Å². The number of amides is 1. The molecule has 0 bridgehead atoms. The van der Waals surface area contributed by atoms with Gasteiger partial charge in [0.1, 0.15) is 11.7 Å². The monoisotopic (exact) mass is 253 g/mol. The third-order valence-electron chi connectivity index (χ3n) is 2.74. The highest BCUT2D eigenvalue weighted by Gasteiger charge is 2.25. The van der Waals surface area contributed by atoms with E-state index in [4.69, 9.17) is 5.11 Å². The Morgan fingerprint density at radius 3 is 2.50 bits per heavy atom.